The molecule has 0 saturated carbocycles. The van der Waals surface area contributed by atoms with Gasteiger partial charge in [0.1, 0.15) is 0 Å². The smallest absolute Gasteiger partial charge is 0.0838 e. The number of halogens is 2. The molecule has 212 valence electrons. The fraction of sp³-hybridized carbons (Fsp3) is 0.211. The van der Waals surface area contributed by atoms with Crippen LogP contribution in [0.25, 0.3) is 22.3 Å². The molecule has 5 aromatic carbocycles. The molecule has 0 amide bonds. The van der Waals surface area contributed by atoms with Crippen LogP contribution in [0.4, 0.5) is 17.1 Å². The lowest BCUT2D eigenvalue weighted by atomic mass is 9.87. The summed E-state index contributed by atoms with van der Waals surface area (Å²) in [7, 11) is 0. The highest BCUT2D eigenvalue weighted by Gasteiger charge is 2.39. The van der Waals surface area contributed by atoms with Gasteiger partial charge < -0.3 is 14.4 Å². The Labute approximate surface area is 268 Å². The van der Waals surface area contributed by atoms with Gasteiger partial charge in [-0.15, -0.1) is 0 Å². The van der Waals surface area contributed by atoms with E-state index in [1.807, 2.05) is 0 Å². The van der Waals surface area contributed by atoms with Crippen LogP contribution in [0.2, 0.25) is 0 Å². The maximum atomic E-state index is 6.28. The zero-order valence-electron chi connectivity index (χ0n) is 23.5. The van der Waals surface area contributed by atoms with E-state index >= 15 is 0 Å². The van der Waals surface area contributed by atoms with E-state index in [-0.39, 0.29) is 24.4 Å². The second kappa shape index (κ2) is 10.2. The van der Waals surface area contributed by atoms with Crippen molar-refractivity contribution in [1.29, 1.82) is 0 Å². The van der Waals surface area contributed by atoms with Crippen molar-refractivity contribution in [2.24, 2.45) is 0 Å². The second-order valence-electron chi connectivity index (χ2n) is 12.1. The summed E-state index contributed by atoms with van der Waals surface area (Å²) in [5, 5.41) is 0. The monoisotopic (exact) mass is 689 g/mol. The van der Waals surface area contributed by atoms with Gasteiger partial charge in [0.15, 0.2) is 0 Å². The zero-order valence-corrected chi connectivity index (χ0v) is 26.6. The quantitative estimate of drug-likeness (QED) is 0.183. The van der Waals surface area contributed by atoms with Crippen LogP contribution in [-0.2, 0) is 9.47 Å². The average molecular weight is 691 g/mol. The summed E-state index contributed by atoms with van der Waals surface area (Å²) in [6, 6.07) is 38.0. The summed E-state index contributed by atoms with van der Waals surface area (Å²) in [5.74, 6) is 0. The van der Waals surface area contributed by atoms with Gasteiger partial charge in [0.2, 0.25) is 0 Å². The van der Waals surface area contributed by atoms with Crippen LogP contribution in [0.1, 0.15) is 72.4 Å². The van der Waals surface area contributed by atoms with Crippen molar-refractivity contribution in [3.63, 3.8) is 0 Å². The van der Waals surface area contributed by atoms with Crippen molar-refractivity contribution in [2.45, 2.75) is 50.1 Å². The van der Waals surface area contributed by atoms with Gasteiger partial charge in [-0.3, -0.25) is 0 Å². The van der Waals surface area contributed by atoms with Crippen LogP contribution < -0.4 is 4.90 Å². The first kappa shape index (κ1) is 26.2. The van der Waals surface area contributed by atoms with Gasteiger partial charge in [0.05, 0.1) is 30.1 Å². The van der Waals surface area contributed by atoms with Gasteiger partial charge >= 0.3 is 0 Å². The SMILES string of the molecule is Brc1ccc(N(c2ccc(Br)cc2)c2cc(-c3ccc4c(c3)C3CCC4O3)ccc2-c2ccc3c(c2)C2CCC3O2)cc1. The van der Waals surface area contributed by atoms with Crippen molar-refractivity contribution < 1.29 is 9.47 Å². The van der Waals surface area contributed by atoms with E-state index in [1.54, 1.807) is 0 Å². The molecule has 3 nitrogen and oxygen atoms in total. The molecule has 4 atom stereocenters. The first-order valence-corrected chi connectivity index (χ1v) is 16.7. The van der Waals surface area contributed by atoms with Gasteiger partial charge in [-0.05, 0) is 131 Å². The first-order chi connectivity index (χ1) is 21.1. The molecule has 5 aromatic rings. The number of nitrogens with zero attached hydrogens (tertiary/aromatic N) is 1. The summed E-state index contributed by atoms with van der Waals surface area (Å²) in [6.07, 6.45) is 5.50. The molecule has 2 fully saturated rings. The van der Waals surface area contributed by atoms with E-state index in [1.165, 1.54) is 44.5 Å². The molecule has 4 aliphatic heterocycles. The average Bonchev–Trinajstić information content (AvgIpc) is 3.85. The van der Waals surface area contributed by atoms with Crippen molar-refractivity contribution in [1.82, 2.24) is 0 Å². The van der Waals surface area contributed by atoms with E-state index in [0.717, 1.165) is 51.7 Å². The predicted molar refractivity (Wildman–Crippen MR) is 179 cm³/mol. The van der Waals surface area contributed by atoms with Crippen LogP contribution in [0.15, 0.2) is 112 Å². The Bertz CT molecular complexity index is 1840. The molecule has 4 heterocycles. The number of ether oxygens (including phenoxy) is 2. The van der Waals surface area contributed by atoms with Gasteiger partial charge in [0.25, 0.3) is 0 Å². The molecule has 0 radical (unpaired) electrons. The van der Waals surface area contributed by atoms with Crippen LogP contribution in [0, 0.1) is 0 Å². The highest BCUT2D eigenvalue weighted by Crippen LogP contribution is 2.53. The molecule has 5 heteroatoms. The Morgan fingerprint density at radius 3 is 1.47 bits per heavy atom. The highest BCUT2D eigenvalue weighted by molar-refractivity contribution is 9.10. The standard InChI is InChI=1S/C38H29Br2NO2/c39-25-4-8-27(9-5-25)41(28-10-6-26(40)7-11-28)34-21-23(22-2-13-30-32(19-22)37-17-15-35(30)42-37)1-12-29(34)24-3-14-31-33(20-24)38-18-16-36(31)43-38/h1-14,19-21,35-38H,15-18H2. The first-order valence-electron chi connectivity index (χ1n) is 15.1. The molecule has 0 aromatic heterocycles. The Morgan fingerprint density at radius 2 is 0.907 bits per heavy atom. The molecule has 0 aliphatic carbocycles. The summed E-state index contributed by atoms with van der Waals surface area (Å²) >= 11 is 7.29. The van der Waals surface area contributed by atoms with Gasteiger partial charge in [-0.2, -0.15) is 0 Å². The van der Waals surface area contributed by atoms with Crippen LogP contribution in [0.3, 0.4) is 0 Å². The topological polar surface area (TPSA) is 21.7 Å². The number of hydrogen-bond acceptors (Lipinski definition) is 3. The van der Waals surface area contributed by atoms with Crippen LogP contribution in [-0.4, -0.2) is 0 Å². The van der Waals surface area contributed by atoms with Crippen molar-refractivity contribution in [2.75, 3.05) is 4.90 Å². The third-order valence-corrected chi connectivity index (χ3v) is 10.7. The van der Waals surface area contributed by atoms with E-state index in [9.17, 15) is 0 Å². The Hall–Kier alpha value is -3.22. The summed E-state index contributed by atoms with van der Waals surface area (Å²) in [6.45, 7) is 0. The minimum Gasteiger partial charge on any atom is -0.366 e. The Balaban J connectivity index is 1.24. The number of hydrogen-bond donors (Lipinski definition) is 0. The lowest BCUT2D eigenvalue weighted by Crippen LogP contribution is -2.11. The summed E-state index contributed by atoms with van der Waals surface area (Å²) in [4.78, 5) is 2.38. The predicted octanol–water partition coefficient (Wildman–Crippen LogP) is 11.8. The van der Waals surface area contributed by atoms with Crippen LogP contribution in [0.5, 0.6) is 0 Å². The number of anilines is 3. The second-order valence-corrected chi connectivity index (χ2v) is 13.9. The summed E-state index contributed by atoms with van der Waals surface area (Å²) in [5.41, 5.74) is 13.7. The molecule has 4 aliphatic rings. The minimum absolute atomic E-state index is 0.223. The van der Waals surface area contributed by atoms with E-state index in [0.29, 0.717) is 0 Å². The van der Waals surface area contributed by atoms with E-state index in [4.69, 9.17) is 9.47 Å². The highest BCUT2D eigenvalue weighted by atomic mass is 79.9. The molecule has 2 saturated heterocycles. The maximum Gasteiger partial charge on any atom is 0.0838 e. The lowest BCUT2D eigenvalue weighted by Gasteiger charge is -2.29. The fourth-order valence-electron chi connectivity index (χ4n) is 7.58. The Morgan fingerprint density at radius 1 is 0.465 bits per heavy atom. The molecule has 43 heavy (non-hydrogen) atoms. The van der Waals surface area contributed by atoms with Crippen molar-refractivity contribution in [3.8, 4) is 22.3 Å². The molecule has 4 bridgehead atoms. The third kappa shape index (κ3) is 4.35. The van der Waals surface area contributed by atoms with Crippen LogP contribution >= 0.6 is 31.9 Å². The van der Waals surface area contributed by atoms with Gasteiger partial charge in [-0.1, -0.05) is 68.3 Å². The normalized spacial score (nSPS) is 22.6. The fourth-order valence-corrected chi connectivity index (χ4v) is 8.11. The molecule has 9 rings (SSSR count). The van der Waals surface area contributed by atoms with Crippen molar-refractivity contribution in [3.05, 3.63) is 134 Å². The third-order valence-electron chi connectivity index (χ3n) is 9.65. The lowest BCUT2D eigenvalue weighted by molar-refractivity contribution is 0.0715. The Kier molecular flexibility index (Phi) is 6.20. The van der Waals surface area contributed by atoms with Gasteiger partial charge in [-0.25, -0.2) is 0 Å². The van der Waals surface area contributed by atoms with Gasteiger partial charge in [0, 0.05) is 25.9 Å². The molecular weight excluding hydrogens is 662 g/mol. The summed E-state index contributed by atoms with van der Waals surface area (Å²) < 4.78 is 14.6. The molecule has 4 unspecified atom stereocenters. The molecular formula is C38H29Br2NO2. The minimum atomic E-state index is 0.223. The number of fused-ring (bicyclic) bond motifs is 10. The zero-order chi connectivity index (χ0) is 28.7. The van der Waals surface area contributed by atoms with E-state index < -0.39 is 0 Å². The van der Waals surface area contributed by atoms with E-state index in [2.05, 4.69) is 140 Å². The number of benzene rings is 5. The number of rotatable bonds is 5. The molecule has 0 N–H and O–H groups in total. The van der Waals surface area contributed by atoms with Crippen molar-refractivity contribution >= 4 is 48.9 Å². The molecule has 0 spiro atoms. The maximum absolute atomic E-state index is 6.28. The largest absolute Gasteiger partial charge is 0.366 e.